The zero-order chi connectivity index (χ0) is 12.4. The lowest BCUT2D eigenvalue weighted by Crippen LogP contribution is -2.37. The molecule has 1 atom stereocenters. The summed E-state index contributed by atoms with van der Waals surface area (Å²) in [4.78, 5) is 5.94. The molecule has 1 aliphatic heterocycles. The van der Waals surface area contributed by atoms with Gasteiger partial charge in [0.15, 0.2) is 5.82 Å². The highest BCUT2D eigenvalue weighted by Gasteiger charge is 2.20. The van der Waals surface area contributed by atoms with Crippen molar-refractivity contribution in [2.45, 2.75) is 45.3 Å². The molecule has 0 bridgehead atoms. The van der Waals surface area contributed by atoms with Crippen LogP contribution in [0.15, 0.2) is 17.5 Å². The van der Waals surface area contributed by atoms with Gasteiger partial charge in [0.2, 0.25) is 0 Å². The Bertz CT molecular complexity index is 503. The Hall–Kier alpha value is -1.20. The number of hydrogen-bond acceptors (Lipinski definition) is 4. The van der Waals surface area contributed by atoms with E-state index in [0.29, 0.717) is 6.04 Å². The van der Waals surface area contributed by atoms with E-state index in [0.717, 1.165) is 44.0 Å². The Labute approximate surface area is 111 Å². The molecule has 2 aromatic rings. The van der Waals surface area contributed by atoms with Crippen LogP contribution in [0.1, 0.15) is 29.9 Å². The highest BCUT2D eigenvalue weighted by atomic mass is 32.1. The Kier molecular flexibility index (Phi) is 3.43. The average Bonchev–Trinajstić information content (AvgIpc) is 3.04. The van der Waals surface area contributed by atoms with Crippen molar-refractivity contribution in [3.05, 3.63) is 34.0 Å². The summed E-state index contributed by atoms with van der Waals surface area (Å²) >= 11 is 1.81. The number of rotatable bonds is 4. The van der Waals surface area contributed by atoms with E-state index in [1.165, 1.54) is 4.88 Å². The molecule has 0 fully saturated rings. The van der Waals surface area contributed by atoms with Gasteiger partial charge in [-0.3, -0.25) is 0 Å². The topological polar surface area (TPSA) is 42.7 Å². The van der Waals surface area contributed by atoms with E-state index in [1.807, 2.05) is 11.3 Å². The summed E-state index contributed by atoms with van der Waals surface area (Å²) in [6.45, 7) is 4.02. The number of fused-ring (bicyclic) bond motifs is 1. The van der Waals surface area contributed by atoms with Crippen LogP contribution in [-0.4, -0.2) is 20.8 Å². The number of nitrogens with one attached hydrogen (secondary N) is 1. The van der Waals surface area contributed by atoms with Crippen LogP contribution in [0.5, 0.6) is 0 Å². The highest BCUT2D eigenvalue weighted by molar-refractivity contribution is 7.09. The van der Waals surface area contributed by atoms with E-state index in [9.17, 15) is 0 Å². The fourth-order valence-corrected chi connectivity index (χ4v) is 2.99. The number of hydrogen-bond donors (Lipinski definition) is 1. The summed E-state index contributed by atoms with van der Waals surface area (Å²) in [5.74, 6) is 2.13. The van der Waals surface area contributed by atoms with Gasteiger partial charge in [-0.05, 0) is 17.9 Å². The van der Waals surface area contributed by atoms with Gasteiger partial charge in [-0.1, -0.05) is 13.0 Å². The summed E-state index contributed by atoms with van der Waals surface area (Å²) in [5, 5.41) is 10.3. The number of nitrogens with zero attached hydrogens (tertiary/aromatic N) is 3. The third-order valence-electron chi connectivity index (χ3n) is 3.36. The van der Waals surface area contributed by atoms with Crippen molar-refractivity contribution in [1.82, 2.24) is 20.1 Å². The van der Waals surface area contributed by atoms with Gasteiger partial charge in [-0.15, -0.1) is 11.3 Å². The second-order valence-electron chi connectivity index (χ2n) is 4.68. The molecule has 4 nitrogen and oxygen atoms in total. The molecular formula is C13H18N4S. The normalized spacial score (nSPS) is 18.8. The molecule has 3 rings (SSSR count). The van der Waals surface area contributed by atoms with Gasteiger partial charge in [-0.2, -0.15) is 5.10 Å². The second kappa shape index (κ2) is 5.20. The molecule has 0 saturated carbocycles. The minimum Gasteiger partial charge on any atom is -0.307 e. The third-order valence-corrected chi connectivity index (χ3v) is 4.24. The lowest BCUT2D eigenvalue weighted by atomic mass is 10.1. The summed E-state index contributed by atoms with van der Waals surface area (Å²) in [5.41, 5.74) is 0. The summed E-state index contributed by atoms with van der Waals surface area (Å²) in [7, 11) is 0. The molecule has 3 heterocycles. The molecule has 0 aromatic carbocycles. The maximum atomic E-state index is 4.54. The molecule has 5 heteroatoms. The zero-order valence-electron chi connectivity index (χ0n) is 10.6. The van der Waals surface area contributed by atoms with Crippen molar-refractivity contribution < 1.29 is 0 Å². The van der Waals surface area contributed by atoms with Crippen LogP contribution in [-0.2, 0) is 25.9 Å². The monoisotopic (exact) mass is 262 g/mol. The Morgan fingerprint density at radius 2 is 2.50 bits per heavy atom. The smallest absolute Gasteiger partial charge is 0.150 e. The largest absolute Gasteiger partial charge is 0.307 e. The summed E-state index contributed by atoms with van der Waals surface area (Å²) < 4.78 is 2.08. The fraction of sp³-hybridized carbons (Fsp3) is 0.538. The van der Waals surface area contributed by atoms with Gasteiger partial charge >= 0.3 is 0 Å². The van der Waals surface area contributed by atoms with E-state index in [4.69, 9.17) is 0 Å². The molecule has 1 aliphatic rings. The van der Waals surface area contributed by atoms with Crippen molar-refractivity contribution in [2.75, 3.05) is 0 Å². The van der Waals surface area contributed by atoms with E-state index < -0.39 is 0 Å². The van der Waals surface area contributed by atoms with Crippen molar-refractivity contribution in [3.8, 4) is 0 Å². The van der Waals surface area contributed by atoms with Crippen LogP contribution in [0.25, 0.3) is 0 Å². The molecule has 18 heavy (non-hydrogen) atoms. The van der Waals surface area contributed by atoms with Crippen LogP contribution in [0.3, 0.4) is 0 Å². The Morgan fingerprint density at radius 1 is 1.56 bits per heavy atom. The second-order valence-corrected chi connectivity index (χ2v) is 5.71. The molecule has 0 spiro atoms. The zero-order valence-corrected chi connectivity index (χ0v) is 11.4. The predicted molar refractivity (Wildman–Crippen MR) is 72.7 cm³/mol. The molecule has 1 N–H and O–H groups in total. The maximum Gasteiger partial charge on any atom is 0.150 e. The van der Waals surface area contributed by atoms with Crippen LogP contribution in [0, 0.1) is 0 Å². The predicted octanol–water partition coefficient (Wildman–Crippen LogP) is 2.01. The molecule has 0 aliphatic carbocycles. The van der Waals surface area contributed by atoms with Crippen LogP contribution >= 0.6 is 11.3 Å². The van der Waals surface area contributed by atoms with Crippen molar-refractivity contribution in [1.29, 1.82) is 0 Å². The first-order valence-corrected chi connectivity index (χ1v) is 7.41. The lowest BCUT2D eigenvalue weighted by Gasteiger charge is -2.23. The molecule has 0 unspecified atom stereocenters. The number of aryl methyl sites for hydroxylation is 2. The minimum absolute atomic E-state index is 0.519. The molecule has 0 radical (unpaired) electrons. The van der Waals surface area contributed by atoms with Crippen molar-refractivity contribution in [2.24, 2.45) is 0 Å². The quantitative estimate of drug-likeness (QED) is 0.916. The fourth-order valence-electron chi connectivity index (χ4n) is 2.34. The summed E-state index contributed by atoms with van der Waals surface area (Å²) in [6, 6.07) is 4.80. The molecular weight excluding hydrogens is 244 g/mol. The van der Waals surface area contributed by atoms with Gasteiger partial charge in [0, 0.05) is 30.3 Å². The first-order chi connectivity index (χ1) is 8.85. The number of thiophene rings is 1. The third kappa shape index (κ3) is 2.47. The average molecular weight is 262 g/mol. The van der Waals surface area contributed by atoms with E-state index >= 15 is 0 Å². The van der Waals surface area contributed by atoms with Gasteiger partial charge in [0.05, 0.1) is 6.54 Å². The van der Waals surface area contributed by atoms with E-state index in [2.05, 4.69) is 44.5 Å². The highest BCUT2D eigenvalue weighted by Crippen LogP contribution is 2.15. The first-order valence-electron chi connectivity index (χ1n) is 6.53. The minimum atomic E-state index is 0.519. The number of aromatic nitrogens is 3. The van der Waals surface area contributed by atoms with Gasteiger partial charge in [0.25, 0.3) is 0 Å². The SMILES string of the molecule is CCc1nc2n(n1)C[C@@H](NCc1cccs1)CC2. The van der Waals surface area contributed by atoms with Crippen molar-refractivity contribution in [3.63, 3.8) is 0 Å². The lowest BCUT2D eigenvalue weighted by molar-refractivity contribution is 0.358. The first kappa shape index (κ1) is 11.9. The van der Waals surface area contributed by atoms with Crippen LogP contribution in [0.2, 0.25) is 0 Å². The van der Waals surface area contributed by atoms with E-state index in [-0.39, 0.29) is 0 Å². The van der Waals surface area contributed by atoms with Crippen LogP contribution in [0.4, 0.5) is 0 Å². The summed E-state index contributed by atoms with van der Waals surface area (Å²) in [6.07, 6.45) is 3.12. The van der Waals surface area contributed by atoms with Crippen molar-refractivity contribution >= 4 is 11.3 Å². The standard InChI is InChI=1S/C13H18N4S/c1-2-12-15-13-6-5-10(9-17(13)16-12)14-8-11-4-3-7-18-11/h3-4,7,10,14H,2,5-6,8-9H2,1H3/t10-/m0/s1. The molecule has 96 valence electrons. The van der Waals surface area contributed by atoms with Gasteiger partial charge in [-0.25, -0.2) is 9.67 Å². The van der Waals surface area contributed by atoms with Gasteiger partial charge < -0.3 is 5.32 Å². The van der Waals surface area contributed by atoms with Crippen LogP contribution < -0.4 is 5.32 Å². The Morgan fingerprint density at radius 3 is 3.28 bits per heavy atom. The molecule has 0 amide bonds. The Balaban J connectivity index is 1.60. The molecule has 0 saturated heterocycles. The molecule has 2 aromatic heterocycles. The maximum absolute atomic E-state index is 4.54. The van der Waals surface area contributed by atoms with Gasteiger partial charge in [0.1, 0.15) is 5.82 Å². The van der Waals surface area contributed by atoms with E-state index in [1.54, 1.807) is 0 Å².